The zero-order valence-electron chi connectivity index (χ0n) is 13.9. The number of aromatic nitrogens is 2. The van der Waals surface area contributed by atoms with Crippen LogP contribution in [0.4, 0.5) is 5.95 Å². The van der Waals surface area contributed by atoms with E-state index in [1.165, 1.54) is 16.9 Å². The normalized spacial score (nSPS) is 20.8. The summed E-state index contributed by atoms with van der Waals surface area (Å²) in [6, 6.07) is 1.82. The van der Waals surface area contributed by atoms with E-state index in [-0.39, 0.29) is 5.91 Å². The number of rotatable bonds is 2. The average Bonchev–Trinajstić information content (AvgIpc) is 3.05. The van der Waals surface area contributed by atoms with Crippen LogP contribution in [0.2, 0.25) is 0 Å². The van der Waals surface area contributed by atoms with Crippen molar-refractivity contribution in [2.75, 3.05) is 31.1 Å². The molecule has 2 aromatic heterocycles. The second-order valence-electron chi connectivity index (χ2n) is 6.73. The number of carbonyl (C=O) groups is 1. The number of anilines is 1. The zero-order chi connectivity index (χ0) is 16.5. The number of amides is 1. The van der Waals surface area contributed by atoms with Gasteiger partial charge in [-0.1, -0.05) is 6.92 Å². The Balaban J connectivity index is 1.44. The van der Waals surface area contributed by atoms with E-state index in [9.17, 15) is 4.79 Å². The van der Waals surface area contributed by atoms with Crippen molar-refractivity contribution in [3.8, 4) is 0 Å². The van der Waals surface area contributed by atoms with Crippen molar-refractivity contribution in [2.24, 2.45) is 5.92 Å². The quantitative estimate of drug-likeness (QED) is 0.842. The Morgan fingerprint density at radius 2 is 1.96 bits per heavy atom. The molecular weight excluding hydrogens is 320 g/mol. The van der Waals surface area contributed by atoms with Gasteiger partial charge in [-0.05, 0) is 36.8 Å². The molecule has 0 spiro atoms. The topological polar surface area (TPSA) is 49.3 Å². The minimum Gasteiger partial charge on any atom is -0.337 e. The third kappa shape index (κ3) is 2.90. The van der Waals surface area contributed by atoms with Gasteiger partial charge < -0.3 is 9.80 Å². The zero-order valence-corrected chi connectivity index (χ0v) is 14.8. The van der Waals surface area contributed by atoms with Crippen LogP contribution >= 0.6 is 11.3 Å². The second-order valence-corrected chi connectivity index (χ2v) is 7.69. The smallest absolute Gasteiger partial charge is 0.255 e. The number of piperazine rings is 1. The van der Waals surface area contributed by atoms with Gasteiger partial charge in [-0.25, -0.2) is 9.97 Å². The molecule has 1 saturated heterocycles. The SMILES string of the molecule is C[C@H]1CCc2c(C(=O)N3CCN(c4ncccn4)CC3)csc2C1. The van der Waals surface area contributed by atoms with E-state index in [2.05, 4.69) is 27.2 Å². The Bertz CT molecular complexity index is 722. The van der Waals surface area contributed by atoms with Crippen LogP contribution < -0.4 is 4.90 Å². The first-order valence-electron chi connectivity index (χ1n) is 8.63. The van der Waals surface area contributed by atoms with Crippen LogP contribution in [0.25, 0.3) is 0 Å². The molecule has 0 bridgehead atoms. The van der Waals surface area contributed by atoms with Crippen molar-refractivity contribution in [2.45, 2.75) is 26.2 Å². The molecule has 1 atom stereocenters. The summed E-state index contributed by atoms with van der Waals surface area (Å²) in [4.78, 5) is 27.1. The first kappa shape index (κ1) is 15.6. The summed E-state index contributed by atoms with van der Waals surface area (Å²) in [6.07, 6.45) is 6.91. The standard InChI is InChI=1S/C18H22N4OS/c1-13-3-4-14-15(12-24-16(14)11-13)17(23)21-7-9-22(10-8-21)18-19-5-2-6-20-18/h2,5-6,12-13H,3-4,7-11H2,1H3/t13-/m0/s1. The van der Waals surface area contributed by atoms with E-state index >= 15 is 0 Å². The van der Waals surface area contributed by atoms with E-state index in [4.69, 9.17) is 0 Å². The minimum absolute atomic E-state index is 0.204. The molecule has 1 fully saturated rings. The molecule has 6 heteroatoms. The highest BCUT2D eigenvalue weighted by molar-refractivity contribution is 7.10. The molecule has 24 heavy (non-hydrogen) atoms. The predicted octanol–water partition coefficient (Wildman–Crippen LogP) is 2.63. The molecule has 126 valence electrons. The van der Waals surface area contributed by atoms with Gasteiger partial charge in [0.15, 0.2) is 0 Å². The van der Waals surface area contributed by atoms with Crippen LogP contribution in [0.3, 0.4) is 0 Å². The number of fused-ring (bicyclic) bond motifs is 1. The van der Waals surface area contributed by atoms with Gasteiger partial charge >= 0.3 is 0 Å². The summed E-state index contributed by atoms with van der Waals surface area (Å²) in [7, 11) is 0. The fourth-order valence-electron chi connectivity index (χ4n) is 3.59. The van der Waals surface area contributed by atoms with Gasteiger partial charge in [0, 0.05) is 48.8 Å². The number of carbonyl (C=O) groups excluding carboxylic acids is 1. The van der Waals surface area contributed by atoms with Gasteiger partial charge in [0.05, 0.1) is 5.56 Å². The van der Waals surface area contributed by atoms with Crippen LogP contribution in [0, 0.1) is 5.92 Å². The fraction of sp³-hybridized carbons (Fsp3) is 0.500. The lowest BCUT2D eigenvalue weighted by Gasteiger charge is -2.34. The van der Waals surface area contributed by atoms with Crippen molar-refractivity contribution < 1.29 is 4.79 Å². The Labute approximate surface area is 146 Å². The van der Waals surface area contributed by atoms with Gasteiger partial charge in [-0.2, -0.15) is 0 Å². The Hall–Kier alpha value is -1.95. The maximum absolute atomic E-state index is 12.9. The van der Waals surface area contributed by atoms with E-state index < -0.39 is 0 Å². The predicted molar refractivity (Wildman–Crippen MR) is 95.7 cm³/mol. The Kier molecular flexibility index (Phi) is 4.22. The van der Waals surface area contributed by atoms with E-state index in [0.29, 0.717) is 0 Å². The summed E-state index contributed by atoms with van der Waals surface area (Å²) in [5.74, 6) is 1.70. The van der Waals surface area contributed by atoms with Crippen molar-refractivity contribution >= 4 is 23.2 Å². The molecule has 3 heterocycles. The lowest BCUT2D eigenvalue weighted by Crippen LogP contribution is -2.49. The van der Waals surface area contributed by atoms with Gasteiger partial charge in [-0.15, -0.1) is 11.3 Å². The molecule has 5 nitrogen and oxygen atoms in total. The molecule has 0 unspecified atom stereocenters. The number of nitrogens with zero attached hydrogens (tertiary/aromatic N) is 4. The van der Waals surface area contributed by atoms with Crippen LogP contribution in [0.1, 0.15) is 34.1 Å². The highest BCUT2D eigenvalue weighted by atomic mass is 32.1. The van der Waals surface area contributed by atoms with Crippen molar-refractivity contribution in [1.82, 2.24) is 14.9 Å². The maximum atomic E-state index is 12.9. The molecule has 1 aliphatic heterocycles. The molecule has 4 rings (SSSR count). The van der Waals surface area contributed by atoms with Crippen LogP contribution in [0.5, 0.6) is 0 Å². The van der Waals surface area contributed by atoms with E-state index in [1.54, 1.807) is 23.7 Å². The highest BCUT2D eigenvalue weighted by Crippen LogP contribution is 2.33. The largest absolute Gasteiger partial charge is 0.337 e. The summed E-state index contributed by atoms with van der Waals surface area (Å²) >= 11 is 1.77. The average molecular weight is 342 g/mol. The van der Waals surface area contributed by atoms with E-state index in [1.807, 2.05) is 11.0 Å². The lowest BCUT2D eigenvalue weighted by molar-refractivity contribution is 0.0745. The summed E-state index contributed by atoms with van der Waals surface area (Å²) < 4.78 is 0. The van der Waals surface area contributed by atoms with Crippen molar-refractivity contribution in [3.05, 3.63) is 39.8 Å². The lowest BCUT2D eigenvalue weighted by atomic mass is 9.88. The monoisotopic (exact) mass is 342 g/mol. The summed E-state index contributed by atoms with van der Waals surface area (Å²) in [5.41, 5.74) is 2.27. The Morgan fingerprint density at radius 3 is 2.71 bits per heavy atom. The van der Waals surface area contributed by atoms with Gasteiger partial charge in [0.25, 0.3) is 5.91 Å². The molecule has 0 aromatic carbocycles. The van der Waals surface area contributed by atoms with Gasteiger partial charge in [0.1, 0.15) is 0 Å². The van der Waals surface area contributed by atoms with Crippen LogP contribution in [-0.4, -0.2) is 47.0 Å². The number of hydrogen-bond donors (Lipinski definition) is 0. The van der Waals surface area contributed by atoms with Crippen molar-refractivity contribution in [1.29, 1.82) is 0 Å². The summed E-state index contributed by atoms with van der Waals surface area (Å²) in [6.45, 7) is 5.35. The third-order valence-corrected chi connectivity index (χ3v) is 6.09. The second kappa shape index (κ2) is 6.51. The molecule has 2 aromatic rings. The first-order valence-corrected chi connectivity index (χ1v) is 9.51. The third-order valence-electron chi connectivity index (χ3n) is 5.03. The maximum Gasteiger partial charge on any atom is 0.255 e. The summed E-state index contributed by atoms with van der Waals surface area (Å²) in [5, 5.41) is 2.08. The number of hydrogen-bond acceptors (Lipinski definition) is 5. The van der Waals surface area contributed by atoms with Gasteiger partial charge in [-0.3, -0.25) is 4.79 Å². The van der Waals surface area contributed by atoms with Crippen molar-refractivity contribution in [3.63, 3.8) is 0 Å². The molecule has 0 saturated carbocycles. The van der Waals surface area contributed by atoms with E-state index in [0.717, 1.165) is 56.5 Å². The number of thiophene rings is 1. The van der Waals surface area contributed by atoms with Gasteiger partial charge in [0.2, 0.25) is 5.95 Å². The minimum atomic E-state index is 0.204. The fourth-order valence-corrected chi connectivity index (χ4v) is 4.83. The van der Waals surface area contributed by atoms with Crippen LogP contribution in [0.15, 0.2) is 23.8 Å². The Morgan fingerprint density at radius 1 is 1.21 bits per heavy atom. The molecule has 2 aliphatic rings. The van der Waals surface area contributed by atoms with Crippen LogP contribution in [-0.2, 0) is 12.8 Å². The molecule has 0 N–H and O–H groups in total. The molecule has 1 amide bonds. The molecule has 1 aliphatic carbocycles. The molecule has 0 radical (unpaired) electrons. The first-order chi connectivity index (χ1) is 11.7. The highest BCUT2D eigenvalue weighted by Gasteiger charge is 2.28. The molecular formula is C18H22N4OS.